The minimum atomic E-state index is -3.07. The summed E-state index contributed by atoms with van der Waals surface area (Å²) in [6.45, 7) is 3.36. The van der Waals surface area contributed by atoms with Crippen LogP contribution in [0.3, 0.4) is 0 Å². The number of carboxylic acid groups (broad SMARTS) is 1. The summed E-state index contributed by atoms with van der Waals surface area (Å²) in [6, 6.07) is -0.723. The van der Waals surface area contributed by atoms with Gasteiger partial charge in [-0.15, -0.1) is 0 Å². The summed E-state index contributed by atoms with van der Waals surface area (Å²) in [7, 11) is -3.07. The molecule has 0 saturated carbocycles. The maximum atomic E-state index is 11.6. The molecule has 3 N–H and O–H groups in total. The Bertz CT molecular complexity index is 498. The van der Waals surface area contributed by atoms with Crippen molar-refractivity contribution in [2.75, 3.05) is 18.6 Å². The Morgan fingerprint density at radius 2 is 1.71 bits per heavy atom. The molecule has 9 heteroatoms. The van der Waals surface area contributed by atoms with Crippen LogP contribution in [-0.2, 0) is 19.4 Å². The van der Waals surface area contributed by atoms with Crippen molar-refractivity contribution in [1.29, 1.82) is 0 Å². The third kappa shape index (κ3) is 11.9. The number of sulfone groups is 1. The second kappa shape index (κ2) is 7.96. The smallest absolute Gasteiger partial charge is 0.321 e. The summed E-state index contributed by atoms with van der Waals surface area (Å²) < 4.78 is 21.7. The fourth-order valence-electron chi connectivity index (χ4n) is 1.66. The molecule has 122 valence electrons. The molecule has 0 radical (unpaired) electrons. The maximum Gasteiger partial charge on any atom is 0.321 e. The fraction of sp³-hybridized carbons (Fsp3) is 0.750. The highest BCUT2D eigenvalue weighted by atomic mass is 32.2. The summed E-state index contributed by atoms with van der Waals surface area (Å²) in [5.74, 6) is -1.65. The predicted octanol–water partition coefficient (Wildman–Crippen LogP) is 0.138. The molecule has 0 aromatic carbocycles. The van der Waals surface area contributed by atoms with Crippen LogP contribution in [0.4, 0.5) is 4.79 Å². The number of urea groups is 1. The van der Waals surface area contributed by atoms with Crippen molar-refractivity contribution in [2.45, 2.75) is 33.1 Å². The number of rotatable bonds is 8. The van der Waals surface area contributed by atoms with E-state index in [0.717, 1.165) is 6.26 Å². The van der Waals surface area contributed by atoms with Gasteiger partial charge in [-0.3, -0.25) is 14.9 Å². The molecule has 0 aromatic rings. The molecule has 8 nitrogen and oxygen atoms in total. The van der Waals surface area contributed by atoms with Gasteiger partial charge in [0.15, 0.2) is 0 Å². The number of aliphatic carboxylic acids is 1. The molecule has 0 rings (SSSR count). The third-order valence-electron chi connectivity index (χ3n) is 2.50. The van der Waals surface area contributed by atoms with E-state index in [1.165, 1.54) is 0 Å². The normalized spacial score (nSPS) is 11.8. The van der Waals surface area contributed by atoms with E-state index in [9.17, 15) is 22.8 Å². The second-order valence-corrected chi connectivity index (χ2v) is 7.96. The van der Waals surface area contributed by atoms with Gasteiger partial charge in [-0.2, -0.15) is 0 Å². The van der Waals surface area contributed by atoms with Crippen LogP contribution in [-0.4, -0.2) is 50.0 Å². The van der Waals surface area contributed by atoms with Crippen LogP contribution in [0.25, 0.3) is 0 Å². The van der Waals surface area contributed by atoms with Crippen molar-refractivity contribution in [2.24, 2.45) is 5.41 Å². The van der Waals surface area contributed by atoms with Crippen LogP contribution in [0.15, 0.2) is 0 Å². The Morgan fingerprint density at radius 3 is 2.19 bits per heavy atom. The first-order valence-electron chi connectivity index (χ1n) is 6.38. The van der Waals surface area contributed by atoms with Crippen LogP contribution in [0.1, 0.15) is 33.1 Å². The van der Waals surface area contributed by atoms with Crippen LogP contribution in [0.5, 0.6) is 0 Å². The van der Waals surface area contributed by atoms with Crippen molar-refractivity contribution in [3.63, 3.8) is 0 Å². The molecule has 21 heavy (non-hydrogen) atoms. The van der Waals surface area contributed by atoms with Gasteiger partial charge in [0, 0.05) is 19.2 Å². The molecule has 0 heterocycles. The maximum absolute atomic E-state index is 11.6. The zero-order valence-corrected chi connectivity index (χ0v) is 13.2. The zero-order chi connectivity index (χ0) is 16.7. The Labute approximate surface area is 124 Å². The molecule has 0 aromatic heterocycles. The number of amides is 3. The standard InChI is InChI=1S/C12H22N2O6S/c1-12(2,8-10(16)17)7-9(15)14-11(18)13-5-4-6-21(3,19)20/h4-8H2,1-3H3,(H,16,17)(H2,13,14,15,18). The second-order valence-electron chi connectivity index (χ2n) is 5.70. The van der Waals surface area contributed by atoms with E-state index in [4.69, 9.17) is 5.11 Å². The van der Waals surface area contributed by atoms with E-state index in [1.54, 1.807) is 13.8 Å². The molecule has 0 aliphatic heterocycles. The number of carbonyl (C=O) groups is 3. The lowest BCUT2D eigenvalue weighted by atomic mass is 9.85. The number of nitrogens with one attached hydrogen (secondary N) is 2. The van der Waals surface area contributed by atoms with Gasteiger partial charge in [-0.1, -0.05) is 13.8 Å². The van der Waals surface area contributed by atoms with Gasteiger partial charge in [0.1, 0.15) is 9.84 Å². The SMILES string of the molecule is CC(C)(CC(=O)O)CC(=O)NC(=O)NCCCS(C)(=O)=O. The molecule has 3 amide bonds. The van der Waals surface area contributed by atoms with E-state index >= 15 is 0 Å². The minimum Gasteiger partial charge on any atom is -0.481 e. The molecule has 0 fully saturated rings. The molecule has 0 saturated heterocycles. The number of imide groups is 1. The van der Waals surface area contributed by atoms with E-state index in [-0.39, 0.29) is 31.6 Å². The van der Waals surface area contributed by atoms with E-state index in [0.29, 0.717) is 0 Å². The molecule has 0 spiro atoms. The number of carbonyl (C=O) groups excluding carboxylic acids is 2. The molecule has 0 unspecified atom stereocenters. The first-order valence-corrected chi connectivity index (χ1v) is 8.44. The summed E-state index contributed by atoms with van der Waals surface area (Å²) in [6.07, 6.45) is 1.07. The minimum absolute atomic E-state index is 0.0487. The largest absolute Gasteiger partial charge is 0.481 e. The van der Waals surface area contributed by atoms with Gasteiger partial charge < -0.3 is 10.4 Å². The monoisotopic (exact) mass is 322 g/mol. The molecule has 0 atom stereocenters. The van der Waals surface area contributed by atoms with Gasteiger partial charge in [-0.25, -0.2) is 13.2 Å². The summed E-state index contributed by atoms with van der Waals surface area (Å²) in [4.78, 5) is 33.6. The lowest BCUT2D eigenvalue weighted by Crippen LogP contribution is -2.41. The first kappa shape index (κ1) is 19.4. The van der Waals surface area contributed by atoms with Gasteiger partial charge in [0.25, 0.3) is 0 Å². The van der Waals surface area contributed by atoms with Crippen LogP contribution < -0.4 is 10.6 Å². The van der Waals surface area contributed by atoms with Crippen molar-refractivity contribution >= 4 is 27.7 Å². The predicted molar refractivity (Wildman–Crippen MR) is 76.5 cm³/mol. The van der Waals surface area contributed by atoms with Crippen LogP contribution >= 0.6 is 0 Å². The number of hydrogen-bond acceptors (Lipinski definition) is 5. The highest BCUT2D eigenvalue weighted by Crippen LogP contribution is 2.24. The first-order chi connectivity index (χ1) is 9.41. The van der Waals surface area contributed by atoms with Crippen LogP contribution in [0.2, 0.25) is 0 Å². The highest BCUT2D eigenvalue weighted by Gasteiger charge is 2.25. The van der Waals surface area contributed by atoms with Crippen molar-refractivity contribution in [3.8, 4) is 0 Å². The third-order valence-corrected chi connectivity index (χ3v) is 3.53. The topological polar surface area (TPSA) is 130 Å². The molecule has 0 aliphatic rings. The van der Waals surface area contributed by atoms with E-state index in [1.807, 2.05) is 0 Å². The van der Waals surface area contributed by atoms with Gasteiger partial charge in [0.2, 0.25) is 5.91 Å². The summed E-state index contributed by atoms with van der Waals surface area (Å²) >= 11 is 0. The Hall–Kier alpha value is -1.64. The Kier molecular flexibility index (Phi) is 7.34. The lowest BCUT2D eigenvalue weighted by molar-refractivity contribution is -0.139. The van der Waals surface area contributed by atoms with Crippen molar-refractivity contribution in [3.05, 3.63) is 0 Å². The van der Waals surface area contributed by atoms with E-state index < -0.39 is 33.2 Å². The number of hydrogen-bond donors (Lipinski definition) is 3. The highest BCUT2D eigenvalue weighted by molar-refractivity contribution is 7.90. The number of carboxylic acids is 1. The van der Waals surface area contributed by atoms with E-state index in [2.05, 4.69) is 10.6 Å². The van der Waals surface area contributed by atoms with Gasteiger partial charge in [-0.05, 0) is 11.8 Å². The summed E-state index contributed by atoms with van der Waals surface area (Å²) in [5.41, 5.74) is -0.757. The summed E-state index contributed by atoms with van der Waals surface area (Å²) in [5, 5.41) is 13.1. The quantitative estimate of drug-likeness (QED) is 0.545. The Balaban J connectivity index is 4.05. The molecule has 0 bridgehead atoms. The van der Waals surface area contributed by atoms with Crippen molar-refractivity contribution < 1.29 is 27.9 Å². The van der Waals surface area contributed by atoms with Gasteiger partial charge in [0.05, 0.1) is 12.2 Å². The average Bonchev–Trinajstić information content (AvgIpc) is 2.19. The van der Waals surface area contributed by atoms with Gasteiger partial charge >= 0.3 is 12.0 Å². The average molecular weight is 322 g/mol. The molecule has 0 aliphatic carbocycles. The van der Waals surface area contributed by atoms with Crippen molar-refractivity contribution in [1.82, 2.24) is 10.6 Å². The molecular weight excluding hydrogens is 300 g/mol. The molecular formula is C12H22N2O6S. The zero-order valence-electron chi connectivity index (χ0n) is 12.4. The fourth-order valence-corrected chi connectivity index (χ4v) is 2.33. The Morgan fingerprint density at radius 1 is 1.14 bits per heavy atom. The van der Waals surface area contributed by atoms with Crippen LogP contribution in [0, 0.1) is 5.41 Å². The lowest BCUT2D eigenvalue weighted by Gasteiger charge is -2.21.